The molecule has 0 saturated carbocycles. The van der Waals surface area contributed by atoms with Crippen LogP contribution in [0.15, 0.2) is 12.3 Å². The molecule has 0 atom stereocenters. The second kappa shape index (κ2) is 4.02. The predicted molar refractivity (Wildman–Crippen MR) is 47.9 cm³/mol. The summed E-state index contributed by atoms with van der Waals surface area (Å²) in [4.78, 5) is 3.88. The number of aromatic nitrogens is 1. The zero-order chi connectivity index (χ0) is 9.84. The van der Waals surface area contributed by atoms with E-state index in [4.69, 9.17) is 5.73 Å². The highest BCUT2D eigenvalue weighted by Gasteiger charge is 2.04. The third-order valence-corrected chi connectivity index (χ3v) is 1.48. The summed E-state index contributed by atoms with van der Waals surface area (Å²) in [5.74, 6) is 0.311. The zero-order valence-corrected chi connectivity index (χ0v) is 7.22. The molecule has 3 nitrogen and oxygen atoms in total. The molecule has 72 valence electrons. The van der Waals surface area contributed by atoms with Crippen LogP contribution in [0.5, 0.6) is 0 Å². The molecule has 13 heavy (non-hydrogen) atoms. The molecule has 0 amide bonds. The van der Waals surface area contributed by atoms with Crippen LogP contribution >= 0.6 is 0 Å². The second-order valence-electron chi connectivity index (χ2n) is 2.72. The van der Waals surface area contributed by atoms with Gasteiger partial charge < -0.3 is 11.1 Å². The molecule has 0 aliphatic carbocycles. The third kappa shape index (κ3) is 2.85. The molecule has 1 aromatic rings. The maximum atomic E-state index is 11.8. The van der Waals surface area contributed by atoms with E-state index in [0.29, 0.717) is 11.5 Å². The Kier molecular flexibility index (Phi) is 3.00. The van der Waals surface area contributed by atoms with Crippen molar-refractivity contribution >= 4 is 11.5 Å². The van der Waals surface area contributed by atoms with Crippen LogP contribution in [-0.2, 0) is 0 Å². The fourth-order valence-electron chi connectivity index (χ4n) is 0.913. The Bertz CT molecular complexity index is 289. The number of nitrogens with zero attached hydrogens (tertiary/aromatic N) is 1. The van der Waals surface area contributed by atoms with Crippen molar-refractivity contribution in [2.45, 2.75) is 13.3 Å². The Morgan fingerprint density at radius 2 is 2.31 bits per heavy atom. The van der Waals surface area contributed by atoms with Crippen LogP contribution < -0.4 is 11.1 Å². The summed E-state index contributed by atoms with van der Waals surface area (Å²) in [6.45, 7) is 1.40. The number of aryl methyl sites for hydroxylation is 1. The van der Waals surface area contributed by atoms with Crippen LogP contribution in [0.25, 0.3) is 0 Å². The number of alkyl halides is 2. The van der Waals surface area contributed by atoms with Crippen molar-refractivity contribution in [2.24, 2.45) is 0 Å². The predicted octanol–water partition coefficient (Wildman–Crippen LogP) is 1.65. The molecule has 1 rings (SSSR count). The highest BCUT2D eigenvalue weighted by Crippen LogP contribution is 2.15. The van der Waals surface area contributed by atoms with Crippen molar-refractivity contribution in [3.8, 4) is 0 Å². The van der Waals surface area contributed by atoms with Gasteiger partial charge in [-0.2, -0.15) is 0 Å². The summed E-state index contributed by atoms with van der Waals surface area (Å²) >= 11 is 0. The highest BCUT2D eigenvalue weighted by molar-refractivity contribution is 5.61. The van der Waals surface area contributed by atoms with E-state index >= 15 is 0 Å². The lowest BCUT2D eigenvalue weighted by Crippen LogP contribution is -2.12. The molecule has 0 saturated heterocycles. The number of hydrogen-bond acceptors (Lipinski definition) is 3. The van der Waals surface area contributed by atoms with Crippen molar-refractivity contribution < 1.29 is 8.78 Å². The minimum atomic E-state index is -2.40. The zero-order valence-electron chi connectivity index (χ0n) is 7.22. The number of hydrogen-bond donors (Lipinski definition) is 2. The lowest BCUT2D eigenvalue weighted by molar-refractivity contribution is 0.163. The summed E-state index contributed by atoms with van der Waals surface area (Å²) in [5, 5.41) is 2.45. The lowest BCUT2D eigenvalue weighted by Gasteiger charge is -2.07. The van der Waals surface area contributed by atoms with Crippen LogP contribution in [0, 0.1) is 6.92 Å². The summed E-state index contributed by atoms with van der Waals surface area (Å²) in [6, 6.07) is 1.68. The molecule has 3 N–H and O–H groups in total. The average Bonchev–Trinajstić information content (AvgIpc) is 2.02. The molecule has 0 aliphatic heterocycles. The van der Waals surface area contributed by atoms with E-state index in [-0.39, 0.29) is 0 Å². The molecule has 0 aromatic carbocycles. The van der Waals surface area contributed by atoms with Gasteiger partial charge in [0.25, 0.3) is 6.43 Å². The number of halogens is 2. The van der Waals surface area contributed by atoms with E-state index < -0.39 is 13.0 Å². The first kappa shape index (κ1) is 9.70. The summed E-state index contributed by atoms with van der Waals surface area (Å²) in [6.07, 6.45) is -0.827. The Labute approximate surface area is 75.0 Å². The van der Waals surface area contributed by atoms with Gasteiger partial charge in [-0.05, 0) is 18.6 Å². The number of nitrogen functional groups attached to an aromatic ring is 1. The van der Waals surface area contributed by atoms with Crippen LogP contribution in [0.2, 0.25) is 0 Å². The minimum Gasteiger partial charge on any atom is -0.396 e. The van der Waals surface area contributed by atoms with Crippen molar-refractivity contribution in [2.75, 3.05) is 17.6 Å². The molecule has 1 aromatic heterocycles. The first-order valence-electron chi connectivity index (χ1n) is 3.83. The SMILES string of the molecule is Cc1cnc(NCC(F)F)c(N)c1. The monoisotopic (exact) mass is 187 g/mol. The van der Waals surface area contributed by atoms with Gasteiger partial charge in [0.15, 0.2) is 0 Å². The van der Waals surface area contributed by atoms with E-state index in [1.165, 1.54) is 0 Å². The smallest absolute Gasteiger partial charge is 0.255 e. The van der Waals surface area contributed by atoms with E-state index in [9.17, 15) is 8.78 Å². The topological polar surface area (TPSA) is 50.9 Å². The molecular weight excluding hydrogens is 176 g/mol. The molecular formula is C8H11F2N3. The van der Waals surface area contributed by atoms with Gasteiger partial charge in [0, 0.05) is 6.20 Å². The highest BCUT2D eigenvalue weighted by atomic mass is 19.3. The lowest BCUT2D eigenvalue weighted by atomic mass is 10.3. The van der Waals surface area contributed by atoms with E-state index in [0.717, 1.165) is 5.56 Å². The quantitative estimate of drug-likeness (QED) is 0.756. The van der Waals surface area contributed by atoms with Crippen molar-refractivity contribution in [3.05, 3.63) is 17.8 Å². The maximum absolute atomic E-state index is 11.8. The van der Waals surface area contributed by atoms with Gasteiger partial charge in [0.05, 0.1) is 12.2 Å². The van der Waals surface area contributed by atoms with Gasteiger partial charge in [-0.3, -0.25) is 0 Å². The summed E-state index contributed by atoms with van der Waals surface area (Å²) < 4.78 is 23.6. The Morgan fingerprint density at radius 1 is 1.62 bits per heavy atom. The molecule has 0 bridgehead atoms. The molecule has 0 fully saturated rings. The van der Waals surface area contributed by atoms with Crippen molar-refractivity contribution in [3.63, 3.8) is 0 Å². The normalized spacial score (nSPS) is 10.5. The Balaban J connectivity index is 2.67. The van der Waals surface area contributed by atoms with Gasteiger partial charge in [-0.1, -0.05) is 0 Å². The third-order valence-electron chi connectivity index (χ3n) is 1.48. The van der Waals surface area contributed by atoms with Gasteiger partial charge in [0.1, 0.15) is 5.82 Å². The average molecular weight is 187 g/mol. The maximum Gasteiger partial charge on any atom is 0.255 e. The van der Waals surface area contributed by atoms with Gasteiger partial charge in [0.2, 0.25) is 0 Å². The number of nitrogens with one attached hydrogen (secondary N) is 1. The fraction of sp³-hybridized carbons (Fsp3) is 0.375. The standard InChI is InChI=1S/C8H11F2N3/c1-5-2-6(11)8(12-3-5)13-4-7(9)10/h2-3,7H,4,11H2,1H3,(H,12,13). The van der Waals surface area contributed by atoms with Gasteiger partial charge in [-0.15, -0.1) is 0 Å². The first-order valence-corrected chi connectivity index (χ1v) is 3.83. The first-order chi connectivity index (χ1) is 6.09. The van der Waals surface area contributed by atoms with Crippen LogP contribution in [0.3, 0.4) is 0 Å². The largest absolute Gasteiger partial charge is 0.396 e. The van der Waals surface area contributed by atoms with E-state index in [1.54, 1.807) is 12.3 Å². The van der Waals surface area contributed by atoms with Gasteiger partial charge in [-0.25, -0.2) is 13.8 Å². The van der Waals surface area contributed by atoms with E-state index in [2.05, 4.69) is 10.3 Å². The van der Waals surface area contributed by atoms with Crippen LogP contribution in [0.1, 0.15) is 5.56 Å². The van der Waals surface area contributed by atoms with Crippen LogP contribution in [-0.4, -0.2) is 18.0 Å². The minimum absolute atomic E-state index is 0.311. The van der Waals surface area contributed by atoms with Gasteiger partial charge >= 0.3 is 0 Å². The Morgan fingerprint density at radius 3 is 2.85 bits per heavy atom. The van der Waals surface area contributed by atoms with Crippen LogP contribution in [0.4, 0.5) is 20.3 Å². The van der Waals surface area contributed by atoms with Crippen molar-refractivity contribution in [1.82, 2.24) is 4.98 Å². The molecule has 0 aliphatic rings. The molecule has 1 heterocycles. The molecule has 0 radical (unpaired) electrons. The van der Waals surface area contributed by atoms with E-state index in [1.807, 2.05) is 6.92 Å². The number of nitrogens with two attached hydrogens (primary N) is 1. The Hall–Kier alpha value is -1.39. The number of pyridine rings is 1. The summed E-state index contributed by atoms with van der Waals surface area (Å²) in [5.41, 5.74) is 6.83. The number of anilines is 2. The molecule has 0 spiro atoms. The second-order valence-corrected chi connectivity index (χ2v) is 2.72. The van der Waals surface area contributed by atoms with Crippen molar-refractivity contribution in [1.29, 1.82) is 0 Å². The molecule has 5 heteroatoms. The number of rotatable bonds is 3. The fourth-order valence-corrected chi connectivity index (χ4v) is 0.913. The summed E-state index contributed by atoms with van der Waals surface area (Å²) in [7, 11) is 0. The molecule has 0 unspecified atom stereocenters.